The maximum Gasteiger partial charge on any atom is 0.353 e. The first-order chi connectivity index (χ1) is 6.02. The van der Waals surface area contributed by atoms with Crippen molar-refractivity contribution in [3.63, 3.8) is 0 Å². The van der Waals surface area contributed by atoms with Crippen LogP contribution in [0.1, 0.15) is 6.42 Å². The van der Waals surface area contributed by atoms with Crippen LogP contribution in [0.15, 0.2) is 5.16 Å². The van der Waals surface area contributed by atoms with Gasteiger partial charge in [0.2, 0.25) is 0 Å². The number of nitrogens with two attached hydrogens (primary N) is 1. The van der Waals surface area contributed by atoms with Gasteiger partial charge in [-0.1, -0.05) is 5.16 Å². The summed E-state index contributed by atoms with van der Waals surface area (Å²) in [6.45, 7) is 0. The van der Waals surface area contributed by atoms with E-state index in [1.807, 2.05) is 0 Å². The molecular formula is C6H8N2O5. The summed E-state index contributed by atoms with van der Waals surface area (Å²) in [4.78, 5) is 25.3. The Kier molecular flexibility index (Phi) is 2.47. The van der Waals surface area contributed by atoms with Crippen LogP contribution in [-0.2, 0) is 14.4 Å². The van der Waals surface area contributed by atoms with Crippen LogP contribution in [0, 0.1) is 0 Å². The number of aliphatic carboxylic acids is 2. The van der Waals surface area contributed by atoms with Gasteiger partial charge in [-0.3, -0.25) is 4.79 Å². The van der Waals surface area contributed by atoms with Gasteiger partial charge in [-0.2, -0.15) is 0 Å². The number of nitrogens with zero attached hydrogens (tertiary/aromatic N) is 1. The highest BCUT2D eigenvalue weighted by Crippen LogP contribution is 2.13. The molecular weight excluding hydrogens is 180 g/mol. The summed E-state index contributed by atoms with van der Waals surface area (Å²) in [5.74, 6) is -2.47. The zero-order chi connectivity index (χ0) is 10.0. The summed E-state index contributed by atoms with van der Waals surface area (Å²) in [6.07, 6.45) is -0.966. The lowest BCUT2D eigenvalue weighted by molar-refractivity contribution is -0.142. The van der Waals surface area contributed by atoms with Gasteiger partial charge in [-0.05, 0) is 0 Å². The Morgan fingerprint density at radius 1 is 1.62 bits per heavy atom. The molecule has 1 aliphatic rings. The van der Waals surface area contributed by atoms with Gasteiger partial charge in [0.15, 0.2) is 11.8 Å². The predicted molar refractivity (Wildman–Crippen MR) is 40.2 cm³/mol. The van der Waals surface area contributed by atoms with Crippen molar-refractivity contribution < 1.29 is 24.6 Å². The predicted octanol–water partition coefficient (Wildman–Crippen LogP) is -1.37. The van der Waals surface area contributed by atoms with Crippen LogP contribution in [-0.4, -0.2) is 40.0 Å². The van der Waals surface area contributed by atoms with E-state index in [1.165, 1.54) is 0 Å². The minimum absolute atomic E-state index is 0.0806. The summed E-state index contributed by atoms with van der Waals surface area (Å²) in [5, 5.41) is 20.1. The fraction of sp³-hybridized carbons (Fsp3) is 0.500. The molecule has 4 N–H and O–H groups in total. The van der Waals surface area contributed by atoms with Gasteiger partial charge in [0.05, 0.1) is 0 Å². The molecule has 0 saturated heterocycles. The average molecular weight is 188 g/mol. The molecule has 0 saturated carbocycles. The van der Waals surface area contributed by atoms with Gasteiger partial charge in [0, 0.05) is 6.42 Å². The smallest absolute Gasteiger partial charge is 0.353 e. The maximum absolute atomic E-state index is 10.4. The van der Waals surface area contributed by atoms with Crippen LogP contribution in [0.5, 0.6) is 0 Å². The highest BCUT2D eigenvalue weighted by molar-refractivity contribution is 6.35. The first-order valence-electron chi connectivity index (χ1n) is 3.46. The van der Waals surface area contributed by atoms with Crippen molar-refractivity contribution in [2.45, 2.75) is 18.6 Å². The van der Waals surface area contributed by atoms with Gasteiger partial charge in [-0.25, -0.2) is 4.79 Å². The van der Waals surface area contributed by atoms with E-state index in [4.69, 9.17) is 15.9 Å². The minimum atomic E-state index is -1.25. The molecule has 2 atom stereocenters. The Labute approximate surface area is 72.8 Å². The van der Waals surface area contributed by atoms with Crippen molar-refractivity contribution >= 4 is 17.7 Å². The lowest BCUT2D eigenvalue weighted by Gasteiger charge is -2.11. The first kappa shape index (κ1) is 9.46. The molecule has 1 aliphatic heterocycles. The van der Waals surface area contributed by atoms with Crippen LogP contribution < -0.4 is 5.73 Å². The number of oxime groups is 1. The van der Waals surface area contributed by atoms with E-state index in [0.29, 0.717) is 0 Å². The first-order valence-corrected chi connectivity index (χ1v) is 3.46. The molecule has 13 heavy (non-hydrogen) atoms. The topological polar surface area (TPSA) is 122 Å². The molecule has 0 spiro atoms. The third-order valence-electron chi connectivity index (χ3n) is 1.63. The van der Waals surface area contributed by atoms with Crippen LogP contribution in [0.4, 0.5) is 0 Å². The fourth-order valence-electron chi connectivity index (χ4n) is 0.874. The second kappa shape index (κ2) is 3.40. The van der Waals surface area contributed by atoms with Gasteiger partial charge in [-0.15, -0.1) is 0 Å². The summed E-state index contributed by atoms with van der Waals surface area (Å²) in [5.41, 5.74) is 4.99. The SMILES string of the molecule is NC(C(=O)O)C1CC(C(=O)O)=NO1. The Hall–Kier alpha value is -1.63. The molecule has 0 aliphatic carbocycles. The van der Waals surface area contributed by atoms with E-state index in [1.54, 1.807) is 0 Å². The van der Waals surface area contributed by atoms with Crippen molar-refractivity contribution in [3.8, 4) is 0 Å². The highest BCUT2D eigenvalue weighted by atomic mass is 16.6. The molecule has 1 rings (SSSR count). The third-order valence-corrected chi connectivity index (χ3v) is 1.63. The quantitative estimate of drug-likeness (QED) is 0.502. The van der Waals surface area contributed by atoms with Crippen LogP contribution in [0.2, 0.25) is 0 Å². The van der Waals surface area contributed by atoms with Crippen molar-refractivity contribution in [2.75, 3.05) is 0 Å². The van der Waals surface area contributed by atoms with E-state index in [0.717, 1.165) is 0 Å². The number of rotatable bonds is 3. The lowest BCUT2D eigenvalue weighted by atomic mass is 10.1. The van der Waals surface area contributed by atoms with E-state index in [-0.39, 0.29) is 12.1 Å². The van der Waals surface area contributed by atoms with E-state index in [9.17, 15) is 9.59 Å². The largest absolute Gasteiger partial charge is 0.480 e. The zero-order valence-corrected chi connectivity index (χ0v) is 6.51. The zero-order valence-electron chi connectivity index (χ0n) is 6.51. The maximum atomic E-state index is 10.4. The van der Waals surface area contributed by atoms with Crippen molar-refractivity contribution in [1.29, 1.82) is 0 Å². The monoisotopic (exact) mass is 188 g/mol. The van der Waals surface area contributed by atoms with Gasteiger partial charge in [0.25, 0.3) is 0 Å². The molecule has 0 aromatic rings. The number of carboxylic acid groups (broad SMARTS) is 2. The Morgan fingerprint density at radius 2 is 2.23 bits per heavy atom. The van der Waals surface area contributed by atoms with Gasteiger partial charge >= 0.3 is 11.9 Å². The van der Waals surface area contributed by atoms with Crippen LogP contribution in [0.3, 0.4) is 0 Å². The molecule has 0 bridgehead atoms. The van der Waals surface area contributed by atoms with E-state index in [2.05, 4.69) is 9.99 Å². The second-order valence-electron chi connectivity index (χ2n) is 2.56. The summed E-state index contributed by atoms with van der Waals surface area (Å²) >= 11 is 0. The Balaban J connectivity index is 2.55. The molecule has 1 heterocycles. The number of carbonyl (C=O) groups is 2. The lowest BCUT2D eigenvalue weighted by Crippen LogP contribution is -2.42. The fourth-order valence-corrected chi connectivity index (χ4v) is 0.874. The molecule has 0 fully saturated rings. The molecule has 7 heteroatoms. The standard InChI is InChI=1S/C6H8N2O5/c7-4(6(11)12)3-1-2(5(9)10)8-13-3/h3-4H,1,7H2,(H,9,10)(H,11,12). The van der Waals surface area contributed by atoms with Crippen LogP contribution in [0.25, 0.3) is 0 Å². The van der Waals surface area contributed by atoms with Crippen molar-refractivity contribution in [1.82, 2.24) is 0 Å². The summed E-state index contributed by atoms with van der Waals surface area (Å²) < 4.78 is 0. The molecule has 0 radical (unpaired) electrons. The molecule has 0 aromatic heterocycles. The highest BCUT2D eigenvalue weighted by Gasteiger charge is 2.34. The molecule has 7 nitrogen and oxygen atoms in total. The Bertz CT molecular complexity index is 274. The van der Waals surface area contributed by atoms with Gasteiger partial charge < -0.3 is 20.8 Å². The molecule has 0 amide bonds. The number of hydrogen-bond acceptors (Lipinski definition) is 5. The number of carboxylic acids is 2. The van der Waals surface area contributed by atoms with Crippen molar-refractivity contribution in [3.05, 3.63) is 0 Å². The van der Waals surface area contributed by atoms with E-state index < -0.39 is 24.1 Å². The van der Waals surface area contributed by atoms with Crippen LogP contribution >= 0.6 is 0 Å². The number of hydrogen-bond donors (Lipinski definition) is 3. The Morgan fingerprint density at radius 3 is 2.62 bits per heavy atom. The normalized spacial score (nSPS) is 23.2. The molecule has 72 valence electrons. The summed E-state index contributed by atoms with van der Waals surface area (Å²) in [7, 11) is 0. The third kappa shape index (κ3) is 1.94. The summed E-state index contributed by atoms with van der Waals surface area (Å²) in [6, 6.07) is -1.25. The molecule has 0 aromatic carbocycles. The average Bonchev–Trinajstić information content (AvgIpc) is 2.50. The van der Waals surface area contributed by atoms with E-state index >= 15 is 0 Å². The van der Waals surface area contributed by atoms with Crippen molar-refractivity contribution in [2.24, 2.45) is 10.9 Å². The van der Waals surface area contributed by atoms with Gasteiger partial charge in [0.1, 0.15) is 6.04 Å². The minimum Gasteiger partial charge on any atom is -0.480 e. The molecule has 2 unspecified atom stereocenters. The second-order valence-corrected chi connectivity index (χ2v) is 2.56.